The van der Waals surface area contributed by atoms with Gasteiger partial charge in [0.15, 0.2) is 0 Å². The average molecular weight is 243 g/mol. The van der Waals surface area contributed by atoms with E-state index in [0.717, 1.165) is 5.69 Å². The van der Waals surface area contributed by atoms with Crippen molar-refractivity contribution in [3.05, 3.63) is 50.4 Å². The van der Waals surface area contributed by atoms with Gasteiger partial charge in [0, 0.05) is 16.8 Å². The van der Waals surface area contributed by atoms with Crippen molar-refractivity contribution in [1.82, 2.24) is 9.78 Å². The number of aromatic nitrogens is 2. The van der Waals surface area contributed by atoms with Gasteiger partial charge in [0.1, 0.15) is 0 Å². The first-order chi connectivity index (χ1) is 7.08. The molecule has 1 aromatic carbocycles. The molecule has 5 heteroatoms. The molecule has 1 N–H and O–H groups in total. The molecule has 0 aliphatic carbocycles. The molecular weight excluding hydrogens is 235 g/mol. The monoisotopic (exact) mass is 242 g/mol. The second-order valence-corrected chi connectivity index (χ2v) is 4.04. The van der Waals surface area contributed by atoms with Crippen LogP contribution >= 0.6 is 23.2 Å². The van der Waals surface area contributed by atoms with Gasteiger partial charge in [0.2, 0.25) is 0 Å². The van der Waals surface area contributed by atoms with Crippen molar-refractivity contribution in [2.24, 2.45) is 0 Å². The van der Waals surface area contributed by atoms with E-state index in [9.17, 15) is 4.79 Å². The molecule has 0 unspecified atom stereocenters. The van der Waals surface area contributed by atoms with E-state index in [1.807, 2.05) is 6.92 Å². The zero-order chi connectivity index (χ0) is 11.0. The van der Waals surface area contributed by atoms with Gasteiger partial charge in [-0.1, -0.05) is 23.2 Å². The molecule has 0 saturated carbocycles. The number of nitrogens with one attached hydrogen (secondary N) is 1. The number of rotatable bonds is 1. The van der Waals surface area contributed by atoms with Gasteiger partial charge in [-0.3, -0.25) is 14.6 Å². The maximum Gasteiger partial charge on any atom is 0.264 e. The standard InChI is InChI=1S/C10H8Cl2N2O/c1-6-4-10(15)13-14(6)9-3-2-7(11)5-8(9)12/h2-5H,1H3,(H,13,15). The van der Waals surface area contributed by atoms with E-state index < -0.39 is 0 Å². The normalized spacial score (nSPS) is 10.6. The zero-order valence-corrected chi connectivity index (χ0v) is 9.43. The molecule has 1 heterocycles. The second-order valence-electron chi connectivity index (χ2n) is 3.19. The van der Waals surface area contributed by atoms with Crippen molar-refractivity contribution in [2.75, 3.05) is 0 Å². The summed E-state index contributed by atoms with van der Waals surface area (Å²) < 4.78 is 1.63. The van der Waals surface area contributed by atoms with E-state index in [-0.39, 0.29) is 5.56 Å². The van der Waals surface area contributed by atoms with Crippen molar-refractivity contribution < 1.29 is 0 Å². The highest BCUT2D eigenvalue weighted by atomic mass is 35.5. The minimum absolute atomic E-state index is 0.154. The maximum absolute atomic E-state index is 11.1. The summed E-state index contributed by atoms with van der Waals surface area (Å²) in [5.74, 6) is 0. The van der Waals surface area contributed by atoms with E-state index in [1.54, 1.807) is 22.9 Å². The molecule has 1 aromatic heterocycles. The Morgan fingerprint density at radius 3 is 2.53 bits per heavy atom. The van der Waals surface area contributed by atoms with Crippen molar-refractivity contribution >= 4 is 23.2 Å². The quantitative estimate of drug-likeness (QED) is 0.821. The fourth-order valence-electron chi connectivity index (χ4n) is 1.40. The molecule has 0 atom stereocenters. The van der Waals surface area contributed by atoms with E-state index in [4.69, 9.17) is 23.2 Å². The predicted octanol–water partition coefficient (Wildman–Crippen LogP) is 2.78. The summed E-state index contributed by atoms with van der Waals surface area (Å²) in [6.07, 6.45) is 0. The van der Waals surface area contributed by atoms with Crippen molar-refractivity contribution in [2.45, 2.75) is 6.92 Å². The largest absolute Gasteiger partial charge is 0.268 e. The van der Waals surface area contributed by atoms with Crippen LogP contribution in [0.5, 0.6) is 0 Å². The van der Waals surface area contributed by atoms with Crippen LogP contribution in [0.2, 0.25) is 10.0 Å². The first-order valence-electron chi connectivity index (χ1n) is 4.32. The lowest BCUT2D eigenvalue weighted by atomic mass is 10.3. The first kappa shape index (κ1) is 10.3. The summed E-state index contributed by atoms with van der Waals surface area (Å²) in [6, 6.07) is 6.62. The Bertz CT molecular complexity index is 557. The molecule has 78 valence electrons. The van der Waals surface area contributed by atoms with E-state index in [2.05, 4.69) is 5.10 Å². The molecule has 0 radical (unpaired) electrons. The SMILES string of the molecule is Cc1cc(=O)[nH]n1-c1ccc(Cl)cc1Cl. The number of aryl methyl sites for hydroxylation is 1. The van der Waals surface area contributed by atoms with Crippen LogP contribution in [0, 0.1) is 6.92 Å². The third-order valence-corrected chi connectivity index (χ3v) is 2.60. The molecule has 0 spiro atoms. The highest BCUT2D eigenvalue weighted by Gasteiger charge is 2.06. The summed E-state index contributed by atoms with van der Waals surface area (Å²) in [6.45, 7) is 1.82. The zero-order valence-electron chi connectivity index (χ0n) is 7.92. The van der Waals surface area contributed by atoms with Gasteiger partial charge in [-0.15, -0.1) is 0 Å². The van der Waals surface area contributed by atoms with Gasteiger partial charge in [-0.25, -0.2) is 0 Å². The van der Waals surface area contributed by atoms with Gasteiger partial charge < -0.3 is 0 Å². The van der Waals surface area contributed by atoms with Crippen molar-refractivity contribution in [3.63, 3.8) is 0 Å². The Labute approximate surface area is 96.2 Å². The van der Waals surface area contributed by atoms with Gasteiger partial charge >= 0.3 is 0 Å². The van der Waals surface area contributed by atoms with Crippen LogP contribution in [0.25, 0.3) is 5.69 Å². The molecule has 2 rings (SSSR count). The summed E-state index contributed by atoms with van der Waals surface area (Å²) >= 11 is 11.8. The number of halogens is 2. The highest BCUT2D eigenvalue weighted by Crippen LogP contribution is 2.24. The van der Waals surface area contributed by atoms with Crippen LogP contribution in [0.1, 0.15) is 5.69 Å². The summed E-state index contributed by atoms with van der Waals surface area (Å²) in [5.41, 5.74) is 1.35. The minimum atomic E-state index is -0.154. The molecule has 0 aliphatic rings. The number of aromatic amines is 1. The number of nitrogens with zero attached hydrogens (tertiary/aromatic N) is 1. The van der Waals surface area contributed by atoms with Crippen LogP contribution in [-0.4, -0.2) is 9.78 Å². The van der Waals surface area contributed by atoms with Crippen LogP contribution in [0.4, 0.5) is 0 Å². The molecule has 0 aliphatic heterocycles. The Balaban J connectivity index is 2.64. The minimum Gasteiger partial charge on any atom is -0.268 e. The second kappa shape index (κ2) is 3.76. The van der Waals surface area contributed by atoms with Crippen LogP contribution in [0.3, 0.4) is 0 Å². The Morgan fingerprint density at radius 1 is 1.27 bits per heavy atom. The number of hydrogen-bond donors (Lipinski definition) is 1. The van der Waals surface area contributed by atoms with Gasteiger partial charge in [0.25, 0.3) is 5.56 Å². The molecule has 2 aromatic rings. The lowest BCUT2D eigenvalue weighted by Crippen LogP contribution is -2.04. The maximum atomic E-state index is 11.1. The number of benzene rings is 1. The summed E-state index contributed by atoms with van der Waals surface area (Å²) in [5, 5.41) is 3.72. The number of H-pyrrole nitrogens is 1. The fraction of sp³-hybridized carbons (Fsp3) is 0.100. The van der Waals surface area contributed by atoms with Gasteiger partial charge in [-0.2, -0.15) is 0 Å². The van der Waals surface area contributed by atoms with E-state index >= 15 is 0 Å². The van der Waals surface area contributed by atoms with E-state index in [0.29, 0.717) is 15.7 Å². The smallest absolute Gasteiger partial charge is 0.264 e. The Hall–Kier alpha value is -1.19. The van der Waals surface area contributed by atoms with Crippen LogP contribution < -0.4 is 5.56 Å². The topological polar surface area (TPSA) is 37.8 Å². The summed E-state index contributed by atoms with van der Waals surface area (Å²) in [7, 11) is 0. The Kier molecular flexibility index (Phi) is 2.59. The molecule has 0 fully saturated rings. The van der Waals surface area contributed by atoms with Crippen molar-refractivity contribution in [1.29, 1.82) is 0 Å². The molecule has 0 amide bonds. The molecule has 0 saturated heterocycles. The molecule has 15 heavy (non-hydrogen) atoms. The van der Waals surface area contributed by atoms with Gasteiger partial charge in [0.05, 0.1) is 10.7 Å². The van der Waals surface area contributed by atoms with Crippen LogP contribution in [0.15, 0.2) is 29.1 Å². The molecule has 0 bridgehead atoms. The molecular formula is C10H8Cl2N2O. The first-order valence-corrected chi connectivity index (χ1v) is 5.07. The highest BCUT2D eigenvalue weighted by molar-refractivity contribution is 6.35. The van der Waals surface area contributed by atoms with Gasteiger partial charge in [-0.05, 0) is 25.1 Å². The molecule has 3 nitrogen and oxygen atoms in total. The fourth-order valence-corrected chi connectivity index (χ4v) is 1.89. The Morgan fingerprint density at radius 2 is 2.00 bits per heavy atom. The average Bonchev–Trinajstić information content (AvgIpc) is 2.45. The lowest BCUT2D eigenvalue weighted by molar-refractivity contribution is 0.835. The van der Waals surface area contributed by atoms with Crippen LogP contribution in [-0.2, 0) is 0 Å². The van der Waals surface area contributed by atoms with Crippen molar-refractivity contribution in [3.8, 4) is 5.69 Å². The predicted molar refractivity (Wildman–Crippen MR) is 61.1 cm³/mol. The third-order valence-electron chi connectivity index (χ3n) is 2.07. The lowest BCUT2D eigenvalue weighted by Gasteiger charge is -2.07. The summed E-state index contributed by atoms with van der Waals surface area (Å²) in [4.78, 5) is 11.1. The third kappa shape index (κ3) is 1.94. The van der Waals surface area contributed by atoms with E-state index in [1.165, 1.54) is 6.07 Å². The number of hydrogen-bond acceptors (Lipinski definition) is 1.